The van der Waals surface area contributed by atoms with Crippen LogP contribution >= 0.6 is 7.37 Å². The van der Waals surface area contributed by atoms with Crippen molar-refractivity contribution in [2.24, 2.45) is 0 Å². The van der Waals surface area contributed by atoms with Gasteiger partial charge in [0.1, 0.15) is 0 Å². The van der Waals surface area contributed by atoms with E-state index in [4.69, 9.17) is 5.11 Å². The van der Waals surface area contributed by atoms with Gasteiger partial charge in [-0.25, -0.2) is 4.79 Å². The summed E-state index contributed by atoms with van der Waals surface area (Å²) < 4.78 is 16.4. The van der Waals surface area contributed by atoms with Gasteiger partial charge in [-0.1, -0.05) is 5.92 Å². The zero-order valence-corrected chi connectivity index (χ0v) is 9.01. The Bertz CT molecular complexity index is 312. The molecule has 0 aliphatic heterocycles. The van der Waals surface area contributed by atoms with E-state index in [1.54, 1.807) is 0 Å². The first-order valence-electron chi connectivity index (χ1n) is 3.62. The summed E-state index contributed by atoms with van der Waals surface area (Å²) in [5.74, 6) is 3.63. The first-order chi connectivity index (χ1) is 5.81. The van der Waals surface area contributed by atoms with Crippen LogP contribution in [0.1, 0.15) is 13.8 Å². The van der Waals surface area contributed by atoms with Crippen LogP contribution in [-0.4, -0.2) is 30.0 Å². The first kappa shape index (κ1) is 12.2. The molecule has 13 heavy (non-hydrogen) atoms. The summed E-state index contributed by atoms with van der Waals surface area (Å²) in [7, 11) is -2.02. The highest BCUT2D eigenvalue weighted by Crippen LogP contribution is 2.54. The lowest BCUT2D eigenvalue weighted by Crippen LogP contribution is -2.33. The summed E-state index contributed by atoms with van der Waals surface area (Å²) in [5.41, 5.74) is 0. The Morgan fingerprint density at radius 1 is 1.62 bits per heavy atom. The molecule has 0 saturated heterocycles. The zero-order valence-electron chi connectivity index (χ0n) is 8.12. The first-order valence-corrected chi connectivity index (χ1v) is 5.69. The largest absolute Gasteiger partial charge is 0.480 e. The van der Waals surface area contributed by atoms with Gasteiger partial charge in [0.25, 0.3) is 0 Å². The highest BCUT2D eigenvalue weighted by molar-refractivity contribution is 7.61. The number of hydrogen-bond acceptors (Lipinski definition) is 3. The second kappa shape index (κ2) is 3.95. The topological polar surface area (TPSA) is 63.6 Å². The molecule has 0 bridgehead atoms. The molecule has 5 heteroatoms. The smallest absolute Gasteiger partial charge is 0.331 e. The lowest BCUT2D eigenvalue weighted by molar-refractivity contribution is -0.138. The Morgan fingerprint density at radius 3 is 2.31 bits per heavy atom. The number of hydrogen-bond donors (Lipinski definition) is 1. The molecule has 0 aromatic carbocycles. The monoisotopic (exact) mass is 204 g/mol. The predicted octanol–water partition coefficient (Wildman–Crippen LogP) is 1.41. The Morgan fingerprint density at radius 2 is 2.08 bits per heavy atom. The molecule has 0 rings (SSSR count). The maximum Gasteiger partial charge on any atom is 0.331 e. The van der Waals surface area contributed by atoms with Crippen molar-refractivity contribution in [2.75, 3.05) is 13.8 Å². The van der Waals surface area contributed by atoms with Crippen molar-refractivity contribution < 1.29 is 19.0 Å². The van der Waals surface area contributed by atoms with Crippen molar-refractivity contribution in [3.8, 4) is 11.8 Å². The third kappa shape index (κ3) is 2.12. The molecule has 1 N–H and O–H groups in total. The number of carboxylic acids is 1. The molecule has 2 atom stereocenters. The zero-order chi connectivity index (χ0) is 10.7. The van der Waals surface area contributed by atoms with Crippen molar-refractivity contribution in [3.63, 3.8) is 0 Å². The van der Waals surface area contributed by atoms with Crippen LogP contribution in [0.4, 0.5) is 0 Å². The normalized spacial score (nSPS) is 19.1. The van der Waals surface area contributed by atoms with Crippen molar-refractivity contribution in [2.45, 2.75) is 19.0 Å². The van der Waals surface area contributed by atoms with Gasteiger partial charge in [-0.05, 0) is 13.8 Å². The van der Waals surface area contributed by atoms with Gasteiger partial charge >= 0.3 is 5.97 Å². The van der Waals surface area contributed by atoms with Crippen LogP contribution in [0.25, 0.3) is 0 Å². The standard InChI is InChI=1S/C8H13O4P/c1-5-6-8(2,7(9)10)13(4,11)12-3/h1-4H3,(H,9,10). The van der Waals surface area contributed by atoms with E-state index in [0.29, 0.717) is 0 Å². The van der Waals surface area contributed by atoms with Crippen LogP contribution in [-0.2, 0) is 13.9 Å². The summed E-state index contributed by atoms with van der Waals surface area (Å²) >= 11 is 0. The van der Waals surface area contributed by atoms with E-state index in [1.807, 2.05) is 0 Å². The minimum Gasteiger partial charge on any atom is -0.480 e. The fourth-order valence-electron chi connectivity index (χ4n) is 0.755. The molecule has 4 nitrogen and oxygen atoms in total. The van der Waals surface area contributed by atoms with Crippen LogP contribution in [0.2, 0.25) is 0 Å². The average molecular weight is 204 g/mol. The molecule has 0 aromatic rings. The molecule has 0 spiro atoms. The molecule has 0 fully saturated rings. The Kier molecular flexibility index (Phi) is 3.71. The third-order valence-electron chi connectivity index (χ3n) is 1.95. The number of carboxylic acid groups (broad SMARTS) is 1. The predicted molar refractivity (Wildman–Crippen MR) is 50.0 cm³/mol. The molecular formula is C8H13O4P. The molecule has 2 unspecified atom stereocenters. The number of aliphatic carboxylic acids is 1. The van der Waals surface area contributed by atoms with Crippen molar-refractivity contribution >= 4 is 13.3 Å². The van der Waals surface area contributed by atoms with E-state index < -0.39 is 18.5 Å². The van der Waals surface area contributed by atoms with Crippen LogP contribution < -0.4 is 0 Å². The van der Waals surface area contributed by atoms with Gasteiger partial charge in [0, 0.05) is 13.8 Å². The van der Waals surface area contributed by atoms with Gasteiger partial charge in [-0.15, -0.1) is 5.92 Å². The van der Waals surface area contributed by atoms with Gasteiger partial charge in [0.15, 0.2) is 0 Å². The van der Waals surface area contributed by atoms with Crippen molar-refractivity contribution in [1.82, 2.24) is 0 Å². The maximum atomic E-state index is 11.7. The molecule has 0 aliphatic rings. The molecule has 0 heterocycles. The Hall–Kier alpha value is -0.780. The number of rotatable bonds is 3. The van der Waals surface area contributed by atoms with E-state index >= 15 is 0 Å². The summed E-state index contributed by atoms with van der Waals surface area (Å²) in [6.45, 7) is 4.07. The highest BCUT2D eigenvalue weighted by Gasteiger charge is 2.47. The molecule has 0 amide bonds. The van der Waals surface area contributed by atoms with Crippen LogP contribution in [0, 0.1) is 11.8 Å². The van der Waals surface area contributed by atoms with Gasteiger partial charge < -0.3 is 9.63 Å². The van der Waals surface area contributed by atoms with E-state index in [1.165, 1.54) is 27.6 Å². The molecule has 74 valence electrons. The fraction of sp³-hybridized carbons (Fsp3) is 0.625. The van der Waals surface area contributed by atoms with E-state index in [2.05, 4.69) is 16.4 Å². The van der Waals surface area contributed by atoms with Crippen LogP contribution in [0.15, 0.2) is 0 Å². The van der Waals surface area contributed by atoms with E-state index in [0.717, 1.165) is 0 Å². The lowest BCUT2D eigenvalue weighted by Gasteiger charge is -2.24. The quantitative estimate of drug-likeness (QED) is 0.557. The SMILES string of the molecule is CC#CC(C)(C(=O)O)P(C)(=O)OC. The second-order valence-electron chi connectivity index (χ2n) is 2.78. The molecule has 0 aromatic heterocycles. The van der Waals surface area contributed by atoms with E-state index in [-0.39, 0.29) is 0 Å². The van der Waals surface area contributed by atoms with E-state index in [9.17, 15) is 9.36 Å². The fourth-order valence-corrected chi connectivity index (χ4v) is 1.78. The average Bonchev–Trinajstić information content (AvgIpc) is 2.04. The van der Waals surface area contributed by atoms with Crippen LogP contribution in [0.3, 0.4) is 0 Å². The minimum absolute atomic E-state index is 1.22. The van der Waals surface area contributed by atoms with Gasteiger partial charge in [0.05, 0.1) is 0 Å². The summed E-state index contributed by atoms with van der Waals surface area (Å²) in [5, 5.41) is 7.26. The second-order valence-corrected chi connectivity index (χ2v) is 5.73. The molecule has 0 aliphatic carbocycles. The maximum absolute atomic E-state index is 11.7. The van der Waals surface area contributed by atoms with Crippen LogP contribution in [0.5, 0.6) is 0 Å². The third-order valence-corrected chi connectivity index (χ3v) is 4.57. The molecule has 0 saturated carbocycles. The summed E-state index contributed by atoms with van der Waals surface area (Å²) in [6, 6.07) is 0. The Labute approximate surface area is 77.7 Å². The number of carbonyl (C=O) groups is 1. The van der Waals surface area contributed by atoms with Gasteiger partial charge in [-0.3, -0.25) is 4.57 Å². The molecular weight excluding hydrogens is 191 g/mol. The summed E-state index contributed by atoms with van der Waals surface area (Å²) in [6.07, 6.45) is 0. The van der Waals surface area contributed by atoms with Crippen molar-refractivity contribution in [3.05, 3.63) is 0 Å². The Balaban J connectivity index is 5.35. The minimum atomic E-state index is -3.24. The summed E-state index contributed by atoms with van der Waals surface area (Å²) in [4.78, 5) is 10.9. The molecule has 0 radical (unpaired) electrons. The van der Waals surface area contributed by atoms with Crippen molar-refractivity contribution in [1.29, 1.82) is 0 Å². The highest BCUT2D eigenvalue weighted by atomic mass is 31.2. The lowest BCUT2D eigenvalue weighted by atomic mass is 10.2. The van der Waals surface area contributed by atoms with Gasteiger partial charge in [-0.2, -0.15) is 0 Å². The van der Waals surface area contributed by atoms with Gasteiger partial charge in [0.2, 0.25) is 12.5 Å².